The fraction of sp³-hybridized carbons (Fsp3) is 0.533. The monoisotopic (exact) mass is 295 g/mol. The summed E-state index contributed by atoms with van der Waals surface area (Å²) in [6.07, 6.45) is 4.94. The lowest BCUT2D eigenvalue weighted by Crippen LogP contribution is -2.39. The molecule has 0 bridgehead atoms. The summed E-state index contributed by atoms with van der Waals surface area (Å²) in [5, 5.41) is 3.43. The molecule has 1 saturated carbocycles. The minimum absolute atomic E-state index is 0.0206. The molecule has 110 valence electrons. The standard InChI is InChI=1S/C15H22ClN3O/c1-2-19(12-5-3-4-6-12)10-15(20)18-14-8-7-11(16)9-13(14)17/h7-9,12H,2-6,10,17H2,1H3,(H,18,20). The third-order valence-corrected chi connectivity index (χ3v) is 4.12. The van der Waals surface area contributed by atoms with E-state index in [1.54, 1.807) is 18.2 Å². The maximum Gasteiger partial charge on any atom is 0.238 e. The van der Waals surface area contributed by atoms with E-state index in [1.165, 1.54) is 25.7 Å². The Kier molecular flexibility index (Phi) is 5.26. The summed E-state index contributed by atoms with van der Waals surface area (Å²) in [6, 6.07) is 5.66. The molecule has 1 aromatic carbocycles. The van der Waals surface area contributed by atoms with Crippen LogP contribution in [0.4, 0.5) is 11.4 Å². The van der Waals surface area contributed by atoms with E-state index >= 15 is 0 Å². The van der Waals surface area contributed by atoms with Gasteiger partial charge in [0.05, 0.1) is 17.9 Å². The summed E-state index contributed by atoms with van der Waals surface area (Å²) in [5.74, 6) is -0.0206. The van der Waals surface area contributed by atoms with Gasteiger partial charge in [-0.3, -0.25) is 9.69 Å². The number of hydrogen-bond donors (Lipinski definition) is 2. The van der Waals surface area contributed by atoms with Crippen LogP contribution in [0.3, 0.4) is 0 Å². The fourth-order valence-electron chi connectivity index (χ4n) is 2.79. The van der Waals surface area contributed by atoms with Gasteiger partial charge in [0.2, 0.25) is 5.91 Å². The Bertz CT molecular complexity index is 472. The van der Waals surface area contributed by atoms with Crippen LogP contribution in [0.5, 0.6) is 0 Å². The zero-order chi connectivity index (χ0) is 14.5. The third-order valence-electron chi connectivity index (χ3n) is 3.88. The van der Waals surface area contributed by atoms with Crippen LogP contribution in [-0.4, -0.2) is 29.9 Å². The van der Waals surface area contributed by atoms with Crippen molar-refractivity contribution in [2.45, 2.75) is 38.6 Å². The van der Waals surface area contributed by atoms with Gasteiger partial charge in [-0.25, -0.2) is 0 Å². The number of rotatable bonds is 5. The normalized spacial score (nSPS) is 15.8. The van der Waals surface area contributed by atoms with Crippen LogP contribution in [-0.2, 0) is 4.79 Å². The SMILES string of the molecule is CCN(CC(=O)Nc1ccc(Cl)cc1N)C1CCCC1. The van der Waals surface area contributed by atoms with Crippen LogP contribution >= 0.6 is 11.6 Å². The van der Waals surface area contributed by atoms with Crippen molar-refractivity contribution < 1.29 is 4.79 Å². The number of carbonyl (C=O) groups excluding carboxylic acids is 1. The maximum atomic E-state index is 12.1. The topological polar surface area (TPSA) is 58.4 Å². The summed E-state index contributed by atoms with van der Waals surface area (Å²) in [6.45, 7) is 3.42. The van der Waals surface area contributed by atoms with Gasteiger partial charge in [0.15, 0.2) is 0 Å². The van der Waals surface area contributed by atoms with Crippen molar-refractivity contribution >= 4 is 28.9 Å². The molecule has 1 aliphatic rings. The summed E-state index contributed by atoms with van der Waals surface area (Å²) in [4.78, 5) is 14.4. The second kappa shape index (κ2) is 6.95. The predicted octanol–water partition coefficient (Wildman–Crippen LogP) is 3.13. The number of nitrogens with one attached hydrogen (secondary N) is 1. The highest BCUT2D eigenvalue weighted by Gasteiger charge is 2.23. The first-order valence-electron chi connectivity index (χ1n) is 7.19. The number of carbonyl (C=O) groups is 1. The number of likely N-dealkylation sites (N-methyl/N-ethyl adjacent to an activating group) is 1. The lowest BCUT2D eigenvalue weighted by atomic mass is 10.2. The molecule has 0 aromatic heterocycles. The van der Waals surface area contributed by atoms with E-state index in [2.05, 4.69) is 17.1 Å². The average Bonchev–Trinajstić information content (AvgIpc) is 2.93. The lowest BCUT2D eigenvalue weighted by Gasteiger charge is -2.26. The molecule has 0 radical (unpaired) electrons. The summed E-state index contributed by atoms with van der Waals surface area (Å²) in [7, 11) is 0. The number of nitrogens with zero attached hydrogens (tertiary/aromatic N) is 1. The number of nitrogens with two attached hydrogens (primary N) is 1. The Balaban J connectivity index is 1.93. The van der Waals surface area contributed by atoms with Crippen molar-refractivity contribution in [1.82, 2.24) is 4.90 Å². The van der Waals surface area contributed by atoms with Crippen LogP contribution in [0.2, 0.25) is 5.02 Å². The molecular weight excluding hydrogens is 274 g/mol. The van der Waals surface area contributed by atoms with Gasteiger partial charge in [0.1, 0.15) is 0 Å². The van der Waals surface area contributed by atoms with Crippen molar-refractivity contribution in [2.24, 2.45) is 0 Å². The van der Waals surface area contributed by atoms with Crippen molar-refractivity contribution in [3.05, 3.63) is 23.2 Å². The Labute approximate surface area is 125 Å². The third kappa shape index (κ3) is 3.87. The summed E-state index contributed by atoms with van der Waals surface area (Å²) in [5.41, 5.74) is 6.96. The first-order valence-corrected chi connectivity index (χ1v) is 7.57. The second-order valence-electron chi connectivity index (χ2n) is 5.28. The van der Waals surface area contributed by atoms with E-state index in [9.17, 15) is 4.79 Å². The quantitative estimate of drug-likeness (QED) is 0.821. The molecule has 0 atom stereocenters. The number of hydrogen-bond acceptors (Lipinski definition) is 3. The number of benzene rings is 1. The molecule has 0 unspecified atom stereocenters. The van der Waals surface area contributed by atoms with E-state index in [0.717, 1.165) is 6.54 Å². The fourth-order valence-corrected chi connectivity index (χ4v) is 2.97. The van der Waals surface area contributed by atoms with Crippen LogP contribution < -0.4 is 11.1 Å². The van der Waals surface area contributed by atoms with Crippen molar-refractivity contribution in [1.29, 1.82) is 0 Å². The van der Waals surface area contributed by atoms with Gasteiger partial charge >= 0.3 is 0 Å². The van der Waals surface area contributed by atoms with Gasteiger partial charge in [-0.1, -0.05) is 31.4 Å². The molecule has 4 nitrogen and oxygen atoms in total. The van der Waals surface area contributed by atoms with Crippen molar-refractivity contribution in [2.75, 3.05) is 24.1 Å². The molecule has 1 aliphatic carbocycles. The van der Waals surface area contributed by atoms with E-state index in [-0.39, 0.29) is 5.91 Å². The molecule has 5 heteroatoms. The highest BCUT2D eigenvalue weighted by molar-refractivity contribution is 6.31. The largest absolute Gasteiger partial charge is 0.397 e. The highest BCUT2D eigenvalue weighted by Crippen LogP contribution is 2.24. The molecule has 1 aromatic rings. The number of halogens is 1. The molecule has 1 amide bonds. The molecule has 2 rings (SSSR count). The van der Waals surface area contributed by atoms with E-state index in [1.807, 2.05) is 0 Å². The summed E-state index contributed by atoms with van der Waals surface area (Å²) >= 11 is 5.85. The van der Waals surface area contributed by atoms with E-state index in [4.69, 9.17) is 17.3 Å². The predicted molar refractivity (Wildman–Crippen MR) is 84.0 cm³/mol. The average molecular weight is 296 g/mol. The van der Waals surface area contributed by atoms with E-state index < -0.39 is 0 Å². The van der Waals surface area contributed by atoms with Gasteiger partial charge in [0.25, 0.3) is 0 Å². The molecule has 0 aliphatic heterocycles. The first kappa shape index (κ1) is 15.1. The van der Waals surface area contributed by atoms with Crippen LogP contribution in [0.1, 0.15) is 32.6 Å². The van der Waals surface area contributed by atoms with Crippen LogP contribution in [0.15, 0.2) is 18.2 Å². The Morgan fingerprint density at radius 3 is 2.75 bits per heavy atom. The Morgan fingerprint density at radius 1 is 1.45 bits per heavy atom. The molecule has 1 fully saturated rings. The highest BCUT2D eigenvalue weighted by atomic mass is 35.5. The minimum Gasteiger partial charge on any atom is -0.397 e. The van der Waals surface area contributed by atoms with Crippen LogP contribution in [0, 0.1) is 0 Å². The Hall–Kier alpha value is -1.26. The smallest absolute Gasteiger partial charge is 0.238 e. The summed E-state index contributed by atoms with van der Waals surface area (Å²) < 4.78 is 0. The van der Waals surface area contributed by atoms with Crippen molar-refractivity contribution in [3.8, 4) is 0 Å². The molecular formula is C15H22ClN3O. The zero-order valence-electron chi connectivity index (χ0n) is 11.9. The Morgan fingerprint density at radius 2 is 2.15 bits per heavy atom. The van der Waals surface area contributed by atoms with Gasteiger partial charge in [0, 0.05) is 11.1 Å². The molecule has 3 N–H and O–H groups in total. The molecule has 0 saturated heterocycles. The number of nitrogen functional groups attached to an aromatic ring is 1. The minimum atomic E-state index is -0.0206. The maximum absolute atomic E-state index is 12.1. The lowest BCUT2D eigenvalue weighted by molar-refractivity contribution is -0.117. The van der Waals surface area contributed by atoms with Crippen LogP contribution in [0.25, 0.3) is 0 Å². The molecule has 0 heterocycles. The number of amides is 1. The number of anilines is 2. The molecule has 20 heavy (non-hydrogen) atoms. The van der Waals surface area contributed by atoms with Gasteiger partial charge in [-0.2, -0.15) is 0 Å². The molecule has 0 spiro atoms. The first-order chi connectivity index (χ1) is 9.60. The van der Waals surface area contributed by atoms with Crippen molar-refractivity contribution in [3.63, 3.8) is 0 Å². The van der Waals surface area contributed by atoms with Gasteiger partial charge < -0.3 is 11.1 Å². The second-order valence-corrected chi connectivity index (χ2v) is 5.72. The van der Waals surface area contributed by atoms with E-state index in [0.29, 0.717) is 29.0 Å². The van der Waals surface area contributed by atoms with Gasteiger partial charge in [-0.15, -0.1) is 0 Å². The van der Waals surface area contributed by atoms with Gasteiger partial charge in [-0.05, 0) is 37.6 Å². The zero-order valence-corrected chi connectivity index (χ0v) is 12.6.